The molecule has 1 saturated heterocycles. The minimum atomic E-state index is -0.453. The van der Waals surface area contributed by atoms with Crippen molar-refractivity contribution >= 4 is 17.5 Å². The minimum absolute atomic E-state index is 0.0208. The molecule has 1 fully saturated rings. The van der Waals surface area contributed by atoms with Gasteiger partial charge in [-0.3, -0.25) is 14.9 Å². The predicted molar refractivity (Wildman–Crippen MR) is 89.2 cm³/mol. The molecule has 0 bridgehead atoms. The summed E-state index contributed by atoms with van der Waals surface area (Å²) in [6, 6.07) is 4.63. The number of carbonyl (C=O) groups is 1. The van der Waals surface area contributed by atoms with Gasteiger partial charge < -0.3 is 14.4 Å². The van der Waals surface area contributed by atoms with E-state index >= 15 is 0 Å². The lowest BCUT2D eigenvalue weighted by Crippen LogP contribution is -2.49. The second-order valence-electron chi connectivity index (χ2n) is 5.82. The highest BCUT2D eigenvalue weighted by Gasteiger charge is 2.26. The summed E-state index contributed by atoms with van der Waals surface area (Å²) in [6.07, 6.45) is 3.64. The number of aromatic nitrogens is 2. The van der Waals surface area contributed by atoms with E-state index in [-0.39, 0.29) is 11.6 Å². The summed E-state index contributed by atoms with van der Waals surface area (Å²) in [5.41, 5.74) is 0.793. The van der Waals surface area contributed by atoms with Gasteiger partial charge in [0.1, 0.15) is 0 Å². The molecule has 0 atom stereocenters. The smallest absolute Gasteiger partial charge is 0.273 e. The molecule has 1 aromatic carbocycles. The lowest BCUT2D eigenvalue weighted by atomic mass is 10.1. The number of anilines is 1. The van der Waals surface area contributed by atoms with E-state index in [0.717, 1.165) is 5.95 Å². The number of benzene rings is 1. The van der Waals surface area contributed by atoms with E-state index in [1.54, 1.807) is 30.2 Å². The zero-order valence-corrected chi connectivity index (χ0v) is 13.7. The lowest BCUT2D eigenvalue weighted by Gasteiger charge is -2.35. The van der Waals surface area contributed by atoms with Crippen molar-refractivity contribution in [2.75, 3.05) is 31.1 Å². The molecule has 1 aromatic heterocycles. The van der Waals surface area contributed by atoms with Crippen LogP contribution in [0.25, 0.3) is 0 Å². The van der Waals surface area contributed by atoms with Crippen molar-refractivity contribution < 1.29 is 9.72 Å². The third-order valence-corrected chi connectivity index (χ3v) is 4.38. The van der Waals surface area contributed by atoms with Crippen molar-refractivity contribution in [3.05, 3.63) is 51.8 Å². The molecule has 0 unspecified atom stereocenters. The van der Waals surface area contributed by atoms with Gasteiger partial charge in [-0.05, 0) is 13.0 Å². The van der Waals surface area contributed by atoms with Gasteiger partial charge in [-0.25, -0.2) is 4.98 Å². The first-order valence-corrected chi connectivity index (χ1v) is 7.74. The van der Waals surface area contributed by atoms with Crippen LogP contribution in [0, 0.1) is 17.0 Å². The first-order valence-electron chi connectivity index (χ1n) is 7.74. The number of imidazole rings is 1. The summed E-state index contributed by atoms with van der Waals surface area (Å²) < 4.78 is 1.95. The maximum atomic E-state index is 12.7. The van der Waals surface area contributed by atoms with E-state index < -0.39 is 4.92 Å². The van der Waals surface area contributed by atoms with E-state index in [0.29, 0.717) is 37.3 Å². The highest BCUT2D eigenvalue weighted by atomic mass is 16.6. The predicted octanol–water partition coefficient (Wildman–Crippen LogP) is 1.60. The maximum Gasteiger partial charge on any atom is 0.273 e. The van der Waals surface area contributed by atoms with Crippen molar-refractivity contribution in [2.45, 2.75) is 6.92 Å². The maximum absolute atomic E-state index is 12.7. The van der Waals surface area contributed by atoms with Crippen LogP contribution in [-0.4, -0.2) is 51.5 Å². The Bertz CT molecular complexity index is 778. The normalized spacial score (nSPS) is 14.8. The fourth-order valence-corrected chi connectivity index (χ4v) is 3.00. The fraction of sp³-hybridized carbons (Fsp3) is 0.375. The van der Waals surface area contributed by atoms with Gasteiger partial charge in [0.25, 0.3) is 11.6 Å². The molecule has 3 rings (SSSR count). The first-order chi connectivity index (χ1) is 11.5. The zero-order chi connectivity index (χ0) is 17.3. The third kappa shape index (κ3) is 2.82. The molecule has 0 spiro atoms. The number of hydrogen-bond donors (Lipinski definition) is 0. The zero-order valence-electron chi connectivity index (χ0n) is 13.7. The van der Waals surface area contributed by atoms with Crippen molar-refractivity contribution in [2.24, 2.45) is 7.05 Å². The molecule has 2 aromatic rings. The molecule has 1 aliphatic rings. The van der Waals surface area contributed by atoms with E-state index in [1.165, 1.54) is 6.07 Å². The number of aryl methyl sites for hydroxylation is 1. The summed E-state index contributed by atoms with van der Waals surface area (Å²) in [4.78, 5) is 31.5. The summed E-state index contributed by atoms with van der Waals surface area (Å²) in [7, 11) is 1.94. The largest absolute Gasteiger partial charge is 0.339 e. The molecule has 1 amide bonds. The molecule has 8 nitrogen and oxygen atoms in total. The Labute approximate surface area is 139 Å². The number of nitrogens with zero attached hydrogens (tertiary/aromatic N) is 5. The number of rotatable bonds is 3. The topological polar surface area (TPSA) is 84.5 Å². The Morgan fingerprint density at radius 1 is 1.25 bits per heavy atom. The average molecular weight is 329 g/mol. The molecule has 8 heteroatoms. The van der Waals surface area contributed by atoms with Gasteiger partial charge in [0, 0.05) is 62.8 Å². The van der Waals surface area contributed by atoms with Crippen LogP contribution in [0.4, 0.5) is 11.6 Å². The van der Waals surface area contributed by atoms with E-state index in [4.69, 9.17) is 0 Å². The van der Waals surface area contributed by atoms with Crippen molar-refractivity contribution in [3.8, 4) is 0 Å². The summed E-state index contributed by atoms with van der Waals surface area (Å²) in [5.74, 6) is 0.726. The number of hydrogen-bond acceptors (Lipinski definition) is 5. The summed E-state index contributed by atoms with van der Waals surface area (Å²) in [6.45, 7) is 4.12. The Morgan fingerprint density at radius 3 is 2.54 bits per heavy atom. The SMILES string of the molecule is Cc1c(C(=O)N2CCN(c3nccn3C)CC2)cccc1[N+](=O)[O-]. The van der Waals surface area contributed by atoms with Gasteiger partial charge in [-0.1, -0.05) is 6.07 Å². The number of nitro groups is 1. The summed E-state index contributed by atoms with van der Waals surface area (Å²) >= 11 is 0. The molecular weight excluding hydrogens is 310 g/mol. The van der Waals surface area contributed by atoms with Crippen LogP contribution in [0.15, 0.2) is 30.6 Å². The summed E-state index contributed by atoms with van der Waals surface area (Å²) in [5, 5.41) is 11.0. The van der Waals surface area contributed by atoms with Crippen LogP contribution < -0.4 is 4.90 Å². The van der Waals surface area contributed by atoms with Crippen molar-refractivity contribution in [1.82, 2.24) is 14.5 Å². The molecule has 126 valence electrons. The number of nitro benzene ring substituents is 1. The Morgan fingerprint density at radius 2 is 1.96 bits per heavy atom. The molecule has 24 heavy (non-hydrogen) atoms. The standard InChI is InChI=1S/C16H19N5O3/c1-12-13(4-3-5-14(12)21(23)24)15(22)19-8-10-20(11-9-19)16-17-6-7-18(16)2/h3-7H,8-11H2,1-2H3. The van der Waals surface area contributed by atoms with Crippen molar-refractivity contribution in [1.29, 1.82) is 0 Å². The van der Waals surface area contributed by atoms with Crippen LogP contribution in [0.2, 0.25) is 0 Å². The van der Waals surface area contributed by atoms with Crippen LogP contribution in [-0.2, 0) is 7.05 Å². The third-order valence-electron chi connectivity index (χ3n) is 4.38. The van der Waals surface area contributed by atoms with E-state index in [1.807, 2.05) is 17.8 Å². The monoisotopic (exact) mass is 329 g/mol. The molecular formula is C16H19N5O3. The Balaban J connectivity index is 1.73. The molecule has 0 saturated carbocycles. The van der Waals surface area contributed by atoms with Crippen LogP contribution in [0.3, 0.4) is 0 Å². The van der Waals surface area contributed by atoms with Gasteiger partial charge in [0.2, 0.25) is 5.95 Å². The molecule has 2 heterocycles. The van der Waals surface area contributed by atoms with Gasteiger partial charge >= 0.3 is 0 Å². The van der Waals surface area contributed by atoms with Crippen molar-refractivity contribution in [3.63, 3.8) is 0 Å². The molecule has 0 N–H and O–H groups in total. The highest BCUT2D eigenvalue weighted by molar-refractivity contribution is 5.96. The van der Waals surface area contributed by atoms with E-state index in [9.17, 15) is 14.9 Å². The fourth-order valence-electron chi connectivity index (χ4n) is 3.00. The van der Waals surface area contributed by atoms with Crippen LogP contribution in [0.1, 0.15) is 15.9 Å². The number of amides is 1. The van der Waals surface area contributed by atoms with Gasteiger partial charge in [0.05, 0.1) is 4.92 Å². The van der Waals surface area contributed by atoms with Gasteiger partial charge in [-0.2, -0.15) is 0 Å². The molecule has 0 radical (unpaired) electrons. The highest BCUT2D eigenvalue weighted by Crippen LogP contribution is 2.23. The minimum Gasteiger partial charge on any atom is -0.339 e. The van der Waals surface area contributed by atoms with E-state index in [2.05, 4.69) is 9.88 Å². The Kier molecular flexibility index (Phi) is 4.20. The van der Waals surface area contributed by atoms with Gasteiger partial charge in [0.15, 0.2) is 0 Å². The van der Waals surface area contributed by atoms with Crippen LogP contribution in [0.5, 0.6) is 0 Å². The quantitative estimate of drug-likeness (QED) is 0.631. The van der Waals surface area contributed by atoms with Crippen LogP contribution >= 0.6 is 0 Å². The van der Waals surface area contributed by atoms with Gasteiger partial charge in [-0.15, -0.1) is 0 Å². The number of carbonyl (C=O) groups excluding carboxylic acids is 1. The number of piperazine rings is 1. The second-order valence-corrected chi connectivity index (χ2v) is 5.82. The molecule has 0 aliphatic carbocycles. The lowest BCUT2D eigenvalue weighted by molar-refractivity contribution is -0.385. The Hall–Kier alpha value is -2.90. The second kappa shape index (κ2) is 6.31. The first kappa shape index (κ1) is 16.0. The molecule has 1 aliphatic heterocycles. The average Bonchev–Trinajstić information content (AvgIpc) is 3.00.